The molecule has 0 saturated heterocycles. The molecule has 0 radical (unpaired) electrons. The van der Waals surface area contributed by atoms with Crippen LogP contribution in [-0.4, -0.2) is 29.2 Å². The Morgan fingerprint density at radius 3 is 2.80 bits per heavy atom. The number of carbonyl (C=O) groups excluding carboxylic acids is 1. The van der Waals surface area contributed by atoms with Crippen LogP contribution in [0.25, 0.3) is 0 Å². The van der Waals surface area contributed by atoms with E-state index in [1.807, 2.05) is 0 Å². The van der Waals surface area contributed by atoms with Crippen molar-refractivity contribution in [3.63, 3.8) is 0 Å². The average molecular weight is 214 g/mol. The van der Waals surface area contributed by atoms with Gasteiger partial charge in [-0.3, -0.25) is 0 Å². The smallest absolute Gasteiger partial charge is 0.315 e. The molecule has 0 aliphatic heterocycles. The van der Waals surface area contributed by atoms with Crippen LogP contribution < -0.4 is 16.4 Å². The number of nitrogens with one attached hydrogen (secondary N) is 2. The molecule has 0 bridgehead atoms. The van der Waals surface area contributed by atoms with E-state index in [1.165, 1.54) is 6.42 Å². The van der Waals surface area contributed by atoms with Crippen molar-refractivity contribution >= 4 is 11.9 Å². The first-order valence-corrected chi connectivity index (χ1v) is 5.15. The van der Waals surface area contributed by atoms with Gasteiger partial charge in [0, 0.05) is 18.5 Å². The van der Waals surface area contributed by atoms with E-state index in [1.54, 1.807) is 6.92 Å². The number of nitrogens with two attached hydrogens (primary N) is 1. The molecule has 5 N–H and O–H groups in total. The van der Waals surface area contributed by atoms with Crippen molar-refractivity contribution in [1.29, 1.82) is 0 Å². The molecule has 0 spiro atoms. The molecule has 6 nitrogen and oxygen atoms in total. The topological polar surface area (TPSA) is 99.7 Å². The van der Waals surface area contributed by atoms with E-state index in [9.17, 15) is 4.79 Å². The summed E-state index contributed by atoms with van der Waals surface area (Å²) >= 11 is 0. The fourth-order valence-corrected chi connectivity index (χ4v) is 1.41. The normalized spacial score (nSPS) is 19.1. The molecule has 86 valence electrons. The third-order valence-electron chi connectivity index (χ3n) is 2.46. The van der Waals surface area contributed by atoms with Crippen molar-refractivity contribution in [2.45, 2.75) is 44.7 Å². The summed E-state index contributed by atoms with van der Waals surface area (Å²) in [6, 6.07) is -0.0000258. The summed E-state index contributed by atoms with van der Waals surface area (Å²) in [6.07, 6.45) is 3.64. The molecule has 6 heteroatoms. The second-order valence-corrected chi connectivity index (χ2v) is 3.94. The van der Waals surface area contributed by atoms with E-state index in [0.29, 0.717) is 12.5 Å². The minimum Gasteiger partial charge on any atom is -0.409 e. The molecule has 1 fully saturated rings. The van der Waals surface area contributed by atoms with Gasteiger partial charge in [0.15, 0.2) is 0 Å². The van der Waals surface area contributed by atoms with Gasteiger partial charge >= 0.3 is 6.03 Å². The van der Waals surface area contributed by atoms with E-state index >= 15 is 0 Å². The molecule has 0 aromatic heterocycles. The zero-order valence-corrected chi connectivity index (χ0v) is 8.86. The molecule has 1 aliphatic rings. The summed E-state index contributed by atoms with van der Waals surface area (Å²) in [7, 11) is 0. The number of rotatable bonds is 4. The van der Waals surface area contributed by atoms with Crippen molar-refractivity contribution in [3.8, 4) is 0 Å². The van der Waals surface area contributed by atoms with Crippen molar-refractivity contribution in [3.05, 3.63) is 0 Å². The number of amides is 2. The average Bonchev–Trinajstić information content (AvgIpc) is 2.11. The highest BCUT2D eigenvalue weighted by Gasteiger charge is 2.19. The van der Waals surface area contributed by atoms with Crippen molar-refractivity contribution in [2.24, 2.45) is 10.9 Å². The number of nitrogens with zero attached hydrogens (tertiary/aromatic N) is 1. The lowest BCUT2D eigenvalue weighted by Gasteiger charge is -2.27. The fraction of sp³-hybridized carbons (Fsp3) is 0.778. The van der Waals surface area contributed by atoms with Crippen LogP contribution in [0.5, 0.6) is 0 Å². The Balaban J connectivity index is 2.18. The molecule has 0 aromatic carbocycles. The van der Waals surface area contributed by atoms with Crippen LogP contribution in [0, 0.1) is 0 Å². The number of carbonyl (C=O) groups is 1. The van der Waals surface area contributed by atoms with Crippen LogP contribution in [-0.2, 0) is 0 Å². The minimum absolute atomic E-state index is 0.117. The summed E-state index contributed by atoms with van der Waals surface area (Å²) in [5, 5.41) is 16.8. The number of hydrogen-bond donors (Lipinski definition) is 4. The Morgan fingerprint density at radius 1 is 1.67 bits per heavy atom. The first-order chi connectivity index (χ1) is 7.11. The van der Waals surface area contributed by atoms with Gasteiger partial charge in [-0.1, -0.05) is 5.16 Å². The van der Waals surface area contributed by atoms with Gasteiger partial charge in [-0.2, -0.15) is 0 Å². The molecule has 1 rings (SSSR count). The second kappa shape index (κ2) is 5.43. The number of oxime groups is 1. The first-order valence-electron chi connectivity index (χ1n) is 5.15. The zero-order chi connectivity index (χ0) is 11.3. The predicted molar refractivity (Wildman–Crippen MR) is 56.8 cm³/mol. The largest absolute Gasteiger partial charge is 0.409 e. The minimum atomic E-state index is -0.182. The van der Waals surface area contributed by atoms with Crippen LogP contribution in [0.3, 0.4) is 0 Å². The van der Waals surface area contributed by atoms with Crippen molar-refractivity contribution in [2.75, 3.05) is 0 Å². The zero-order valence-electron chi connectivity index (χ0n) is 8.86. The maximum atomic E-state index is 11.4. The molecule has 1 atom stereocenters. The van der Waals surface area contributed by atoms with E-state index in [0.717, 1.165) is 12.8 Å². The molecule has 0 heterocycles. The third-order valence-corrected chi connectivity index (χ3v) is 2.46. The monoisotopic (exact) mass is 214 g/mol. The highest BCUT2D eigenvalue weighted by molar-refractivity contribution is 5.81. The Kier molecular flexibility index (Phi) is 4.20. The van der Waals surface area contributed by atoms with Crippen LogP contribution in [0.2, 0.25) is 0 Å². The lowest BCUT2D eigenvalue weighted by Crippen LogP contribution is -2.48. The van der Waals surface area contributed by atoms with Gasteiger partial charge in [0.1, 0.15) is 5.84 Å². The SMILES string of the molecule is CC(CC(N)=NO)NC(=O)NC1CCC1. The lowest BCUT2D eigenvalue weighted by atomic mass is 9.93. The lowest BCUT2D eigenvalue weighted by molar-refractivity contribution is 0.225. The highest BCUT2D eigenvalue weighted by atomic mass is 16.4. The highest BCUT2D eigenvalue weighted by Crippen LogP contribution is 2.17. The summed E-state index contributed by atoms with van der Waals surface area (Å²) in [5.74, 6) is 0.117. The summed E-state index contributed by atoms with van der Waals surface area (Å²) in [4.78, 5) is 11.4. The van der Waals surface area contributed by atoms with Crippen LogP contribution in [0.15, 0.2) is 5.16 Å². The van der Waals surface area contributed by atoms with E-state index < -0.39 is 0 Å². The van der Waals surface area contributed by atoms with E-state index in [-0.39, 0.29) is 17.9 Å². The Hall–Kier alpha value is -1.46. The van der Waals surface area contributed by atoms with Crippen LogP contribution >= 0.6 is 0 Å². The fourth-order valence-electron chi connectivity index (χ4n) is 1.41. The van der Waals surface area contributed by atoms with Crippen LogP contribution in [0.4, 0.5) is 4.79 Å². The van der Waals surface area contributed by atoms with E-state index in [4.69, 9.17) is 10.9 Å². The molecule has 1 aliphatic carbocycles. The number of urea groups is 1. The molecule has 0 aromatic rings. The van der Waals surface area contributed by atoms with Crippen LogP contribution in [0.1, 0.15) is 32.6 Å². The first kappa shape index (κ1) is 11.6. The number of amidine groups is 1. The van der Waals surface area contributed by atoms with Crippen molar-refractivity contribution in [1.82, 2.24) is 10.6 Å². The molecule has 15 heavy (non-hydrogen) atoms. The molecule has 1 unspecified atom stereocenters. The quantitative estimate of drug-likeness (QED) is 0.235. The summed E-state index contributed by atoms with van der Waals surface area (Å²) < 4.78 is 0. The third kappa shape index (κ3) is 4.05. The van der Waals surface area contributed by atoms with Crippen molar-refractivity contribution < 1.29 is 10.0 Å². The van der Waals surface area contributed by atoms with Gasteiger partial charge in [-0.25, -0.2) is 4.79 Å². The van der Waals surface area contributed by atoms with Gasteiger partial charge in [0.25, 0.3) is 0 Å². The van der Waals surface area contributed by atoms with Gasteiger partial charge < -0.3 is 21.6 Å². The predicted octanol–water partition coefficient (Wildman–Crippen LogP) is 0.363. The van der Waals surface area contributed by atoms with Gasteiger partial charge in [-0.05, 0) is 26.2 Å². The Morgan fingerprint density at radius 2 is 2.33 bits per heavy atom. The molecule has 2 amide bonds. The second-order valence-electron chi connectivity index (χ2n) is 3.94. The maximum Gasteiger partial charge on any atom is 0.315 e. The maximum absolute atomic E-state index is 11.4. The van der Waals surface area contributed by atoms with Gasteiger partial charge in [-0.15, -0.1) is 0 Å². The Bertz CT molecular complexity index is 250. The number of hydrogen-bond acceptors (Lipinski definition) is 3. The molecular formula is C9H18N4O2. The van der Waals surface area contributed by atoms with Gasteiger partial charge in [0.2, 0.25) is 0 Å². The molecule has 1 saturated carbocycles. The summed E-state index contributed by atoms with van der Waals surface area (Å²) in [5.41, 5.74) is 5.32. The molecular weight excluding hydrogens is 196 g/mol. The summed E-state index contributed by atoms with van der Waals surface area (Å²) in [6.45, 7) is 1.80. The standard InChI is InChI=1S/C9H18N4O2/c1-6(5-8(10)13-15)11-9(14)12-7-3-2-4-7/h6-7,15H,2-5H2,1H3,(H2,10,13)(H2,11,12,14). The van der Waals surface area contributed by atoms with Gasteiger partial charge in [0.05, 0.1) is 0 Å². The van der Waals surface area contributed by atoms with E-state index in [2.05, 4.69) is 15.8 Å². The Labute approximate surface area is 88.9 Å².